The topological polar surface area (TPSA) is 141 Å². The van der Waals surface area contributed by atoms with Crippen molar-refractivity contribution in [2.75, 3.05) is 52.7 Å². The van der Waals surface area contributed by atoms with Crippen LogP contribution in [0.2, 0.25) is 0 Å². The molecule has 0 spiro atoms. The molecule has 0 saturated carbocycles. The fourth-order valence-corrected chi connectivity index (χ4v) is 5.69. The van der Waals surface area contributed by atoms with Crippen molar-refractivity contribution in [1.29, 1.82) is 0 Å². The third-order valence-corrected chi connectivity index (χ3v) is 8.02. The molecule has 1 saturated heterocycles. The number of nitrogens with zero attached hydrogens (tertiary/aromatic N) is 4. The van der Waals surface area contributed by atoms with Gasteiger partial charge in [-0.25, -0.2) is 9.97 Å². The molecule has 0 unspecified atom stereocenters. The fraction of sp³-hybridized carbons (Fsp3) is 0.455. The van der Waals surface area contributed by atoms with Crippen LogP contribution >= 0.6 is 0 Å². The zero-order valence-electron chi connectivity index (χ0n) is 25.9. The Balaban J connectivity index is 1.38. The molecule has 1 fully saturated rings. The summed E-state index contributed by atoms with van der Waals surface area (Å²) in [6.07, 6.45) is 5.28. The van der Waals surface area contributed by atoms with Gasteiger partial charge in [-0.3, -0.25) is 14.5 Å². The number of nitrogens with two attached hydrogens (primary N) is 1. The van der Waals surface area contributed by atoms with Crippen LogP contribution in [0, 0.1) is 0 Å². The molecule has 45 heavy (non-hydrogen) atoms. The SMILES string of the molecule is COCCCN1CC(=O)N[C@H]2CN(Cc3cnc(N)nc3)CC[C@H]2OCc2cccc(c2)Oc2ccc(cc2OC)CCC1=O. The number of nitrogens with one attached hydrogen (secondary N) is 1. The van der Waals surface area contributed by atoms with Crippen molar-refractivity contribution < 1.29 is 28.5 Å². The Hall–Kier alpha value is -4.26. The summed E-state index contributed by atoms with van der Waals surface area (Å²) in [5.41, 5.74) is 8.48. The molecule has 12 heteroatoms. The second-order valence-electron chi connectivity index (χ2n) is 11.4. The minimum Gasteiger partial charge on any atom is -0.493 e. The van der Waals surface area contributed by atoms with Crippen LogP contribution in [-0.2, 0) is 38.6 Å². The minimum atomic E-state index is -0.294. The number of anilines is 1. The highest BCUT2D eigenvalue weighted by Gasteiger charge is 2.32. The largest absolute Gasteiger partial charge is 0.493 e. The molecule has 6 rings (SSSR count). The monoisotopic (exact) mass is 618 g/mol. The number of hydrogen-bond acceptors (Lipinski definition) is 10. The number of fused-ring (bicyclic) bond motifs is 9. The van der Waals surface area contributed by atoms with Gasteiger partial charge in [-0.05, 0) is 54.7 Å². The van der Waals surface area contributed by atoms with E-state index in [9.17, 15) is 9.59 Å². The average Bonchev–Trinajstić information content (AvgIpc) is 3.04. The molecule has 0 radical (unpaired) electrons. The van der Waals surface area contributed by atoms with Gasteiger partial charge >= 0.3 is 0 Å². The number of aryl methyl sites for hydroxylation is 1. The third kappa shape index (κ3) is 9.13. The van der Waals surface area contributed by atoms with E-state index < -0.39 is 0 Å². The van der Waals surface area contributed by atoms with Crippen molar-refractivity contribution in [3.05, 3.63) is 71.5 Å². The second-order valence-corrected chi connectivity index (χ2v) is 11.4. The van der Waals surface area contributed by atoms with E-state index in [1.54, 1.807) is 31.5 Å². The summed E-state index contributed by atoms with van der Waals surface area (Å²) in [6, 6.07) is 13.1. The van der Waals surface area contributed by atoms with Gasteiger partial charge in [-0.1, -0.05) is 18.2 Å². The minimum absolute atomic E-state index is 0.0459. The summed E-state index contributed by atoms with van der Waals surface area (Å²) >= 11 is 0. The van der Waals surface area contributed by atoms with Crippen molar-refractivity contribution in [2.24, 2.45) is 0 Å². The van der Waals surface area contributed by atoms with Gasteiger partial charge in [-0.15, -0.1) is 0 Å². The number of carbonyl (C=O) groups is 2. The van der Waals surface area contributed by atoms with E-state index in [2.05, 4.69) is 20.2 Å². The quantitative estimate of drug-likeness (QED) is 0.380. The van der Waals surface area contributed by atoms with Gasteiger partial charge in [0.15, 0.2) is 11.5 Å². The Bertz CT molecular complexity index is 1440. The predicted molar refractivity (Wildman–Crippen MR) is 168 cm³/mol. The molecule has 2 amide bonds. The molecule has 4 bridgehead atoms. The predicted octanol–water partition coefficient (Wildman–Crippen LogP) is 2.95. The molecule has 0 aliphatic carbocycles. The fourth-order valence-electron chi connectivity index (χ4n) is 5.69. The lowest BCUT2D eigenvalue weighted by molar-refractivity contribution is -0.137. The van der Waals surface area contributed by atoms with Gasteiger partial charge in [-0.2, -0.15) is 0 Å². The number of aromatic nitrogens is 2. The van der Waals surface area contributed by atoms with Crippen molar-refractivity contribution in [1.82, 2.24) is 25.1 Å². The zero-order chi connectivity index (χ0) is 31.6. The molecule has 4 heterocycles. The van der Waals surface area contributed by atoms with Crippen LogP contribution in [0.25, 0.3) is 0 Å². The molecule has 3 aromatic rings. The first-order valence-corrected chi connectivity index (χ1v) is 15.3. The Kier molecular flexibility index (Phi) is 11.2. The van der Waals surface area contributed by atoms with Gasteiger partial charge in [0.1, 0.15) is 5.75 Å². The van der Waals surface area contributed by atoms with E-state index in [0.717, 1.165) is 23.2 Å². The van der Waals surface area contributed by atoms with Crippen molar-refractivity contribution >= 4 is 17.8 Å². The molecule has 1 aromatic heterocycles. The maximum absolute atomic E-state index is 13.5. The molecule has 3 N–H and O–H groups in total. The molecular formula is C33H42N6O6. The Morgan fingerprint density at radius 3 is 2.71 bits per heavy atom. The van der Waals surface area contributed by atoms with Crippen LogP contribution in [0.1, 0.15) is 36.0 Å². The number of rotatable bonds is 7. The van der Waals surface area contributed by atoms with E-state index in [1.807, 2.05) is 42.5 Å². The van der Waals surface area contributed by atoms with Gasteiger partial charge in [0, 0.05) is 64.3 Å². The van der Waals surface area contributed by atoms with Crippen molar-refractivity contribution in [3.63, 3.8) is 0 Å². The zero-order valence-corrected chi connectivity index (χ0v) is 25.9. The maximum Gasteiger partial charge on any atom is 0.239 e. The van der Waals surface area contributed by atoms with E-state index in [-0.39, 0.29) is 42.9 Å². The van der Waals surface area contributed by atoms with Crippen LogP contribution in [0.15, 0.2) is 54.9 Å². The summed E-state index contributed by atoms with van der Waals surface area (Å²) in [4.78, 5) is 39.0. The summed E-state index contributed by atoms with van der Waals surface area (Å²) in [5.74, 6) is 1.72. The van der Waals surface area contributed by atoms with E-state index in [4.69, 9.17) is 24.7 Å². The molecule has 12 nitrogen and oxygen atoms in total. The molecule has 3 aliphatic heterocycles. The Morgan fingerprint density at radius 2 is 1.91 bits per heavy atom. The van der Waals surface area contributed by atoms with Crippen molar-refractivity contribution in [2.45, 2.75) is 51.0 Å². The third-order valence-electron chi connectivity index (χ3n) is 8.02. The van der Waals surface area contributed by atoms with Crippen molar-refractivity contribution in [3.8, 4) is 17.2 Å². The number of piperidine rings is 1. The standard InChI is InChI=1S/C33H42N6O6/c1-42-14-4-12-39-21-31(40)37-27-20-38(19-25-17-35-33(34)36-18-25)13-11-28(27)44-22-24-5-3-6-26(15-24)45-29-9-7-23(8-10-32(39)41)16-30(29)43-2/h3,5-7,9,15-18,27-28H,4,8,10-14,19-22H2,1-2H3,(H,37,40)(H2,34,35,36)/t27-,28+/m0/s1. The first kappa shape index (κ1) is 32.1. The lowest BCUT2D eigenvalue weighted by Crippen LogP contribution is -2.57. The Morgan fingerprint density at radius 1 is 1.07 bits per heavy atom. The lowest BCUT2D eigenvalue weighted by Gasteiger charge is -2.39. The number of likely N-dealkylation sites (tertiary alicyclic amines) is 1. The molecular weight excluding hydrogens is 576 g/mol. The van der Waals surface area contributed by atoms with E-state index in [0.29, 0.717) is 69.4 Å². The summed E-state index contributed by atoms with van der Waals surface area (Å²) in [5, 5.41) is 3.19. The van der Waals surface area contributed by atoms with E-state index >= 15 is 0 Å². The van der Waals surface area contributed by atoms with Gasteiger partial charge in [0.05, 0.1) is 32.4 Å². The smallest absolute Gasteiger partial charge is 0.239 e. The molecule has 3 aliphatic rings. The molecule has 2 atom stereocenters. The molecule has 2 aromatic carbocycles. The highest BCUT2D eigenvalue weighted by atomic mass is 16.5. The average molecular weight is 619 g/mol. The Labute approximate surface area is 263 Å². The van der Waals surface area contributed by atoms with Gasteiger partial charge in [0.2, 0.25) is 17.8 Å². The highest BCUT2D eigenvalue weighted by Crippen LogP contribution is 2.33. The number of hydrogen-bond donors (Lipinski definition) is 2. The summed E-state index contributed by atoms with van der Waals surface area (Å²) in [7, 11) is 3.22. The summed E-state index contributed by atoms with van der Waals surface area (Å²) in [6.45, 7) is 3.15. The normalized spacial score (nSPS) is 19.9. The van der Waals surface area contributed by atoms with Gasteiger partial charge < -0.3 is 34.9 Å². The number of nitrogen functional groups attached to an aromatic ring is 1. The maximum atomic E-state index is 13.5. The number of ether oxygens (including phenoxy) is 4. The van der Waals surface area contributed by atoms with E-state index in [1.165, 1.54) is 0 Å². The van der Waals surface area contributed by atoms with Crippen LogP contribution < -0.4 is 20.5 Å². The first-order valence-electron chi connectivity index (χ1n) is 15.3. The summed E-state index contributed by atoms with van der Waals surface area (Å²) < 4.78 is 23.5. The second kappa shape index (κ2) is 15.6. The first-order chi connectivity index (χ1) is 21.9. The van der Waals surface area contributed by atoms with Crippen LogP contribution in [0.5, 0.6) is 17.2 Å². The van der Waals surface area contributed by atoms with Crippen LogP contribution in [-0.4, -0.2) is 90.7 Å². The van der Waals surface area contributed by atoms with Gasteiger partial charge in [0.25, 0.3) is 0 Å². The number of carbonyl (C=O) groups excluding carboxylic acids is 2. The lowest BCUT2D eigenvalue weighted by atomic mass is 10.0. The highest BCUT2D eigenvalue weighted by molar-refractivity contribution is 5.85. The van der Waals surface area contributed by atoms with Crippen LogP contribution in [0.3, 0.4) is 0 Å². The number of methoxy groups -OCH3 is 2. The number of benzene rings is 2. The molecule has 240 valence electrons. The van der Waals surface area contributed by atoms with Crippen LogP contribution in [0.4, 0.5) is 5.95 Å². The number of amides is 2.